The third kappa shape index (κ3) is 5.67. The summed E-state index contributed by atoms with van der Waals surface area (Å²) in [7, 11) is -4.10. The van der Waals surface area contributed by atoms with E-state index in [9.17, 15) is 27.9 Å². The van der Waals surface area contributed by atoms with Crippen LogP contribution >= 0.6 is 11.3 Å². The van der Waals surface area contributed by atoms with Crippen molar-refractivity contribution in [2.45, 2.75) is 50.5 Å². The van der Waals surface area contributed by atoms with Crippen LogP contribution < -0.4 is 4.90 Å². The molecule has 1 amide bonds. The molecule has 2 N–H and O–H groups in total. The van der Waals surface area contributed by atoms with Crippen molar-refractivity contribution in [2.24, 2.45) is 5.92 Å². The van der Waals surface area contributed by atoms with Crippen LogP contribution in [0.5, 0.6) is 0 Å². The van der Waals surface area contributed by atoms with Gasteiger partial charge in [-0.2, -0.15) is 4.31 Å². The van der Waals surface area contributed by atoms with E-state index in [-0.39, 0.29) is 35.2 Å². The Kier molecular flexibility index (Phi) is 8.77. The minimum atomic E-state index is -4.10. The molecule has 212 valence electrons. The molecule has 40 heavy (non-hydrogen) atoms. The number of hydrogen-bond donors (Lipinski definition) is 2. The van der Waals surface area contributed by atoms with Crippen molar-refractivity contribution >= 4 is 44.9 Å². The van der Waals surface area contributed by atoms with Crippen molar-refractivity contribution in [3.8, 4) is 10.4 Å². The summed E-state index contributed by atoms with van der Waals surface area (Å²) in [5.74, 6) is -2.78. The van der Waals surface area contributed by atoms with Crippen molar-refractivity contribution in [2.75, 3.05) is 18.0 Å². The second kappa shape index (κ2) is 11.9. The molecule has 11 heteroatoms. The minimum absolute atomic E-state index is 0. The second-order valence-corrected chi connectivity index (χ2v) is 12.8. The number of amides is 1. The van der Waals surface area contributed by atoms with Crippen molar-refractivity contribution in [3.05, 3.63) is 71.1 Å². The highest BCUT2D eigenvalue weighted by Gasteiger charge is 2.44. The van der Waals surface area contributed by atoms with Crippen LogP contribution in [0, 0.1) is 5.92 Å². The Hall–Kier alpha value is -3.54. The lowest BCUT2D eigenvalue weighted by Gasteiger charge is -2.44. The molecule has 1 saturated carbocycles. The summed E-state index contributed by atoms with van der Waals surface area (Å²) in [6, 6.07) is 15.5. The van der Waals surface area contributed by atoms with Gasteiger partial charge in [0, 0.05) is 11.4 Å². The van der Waals surface area contributed by atoms with Gasteiger partial charge in [-0.25, -0.2) is 18.0 Å². The number of anilines is 1. The van der Waals surface area contributed by atoms with Gasteiger partial charge in [0.15, 0.2) is 0 Å². The van der Waals surface area contributed by atoms with Crippen LogP contribution in [0.3, 0.4) is 0 Å². The number of thiophene rings is 1. The first-order valence-electron chi connectivity index (χ1n) is 12.7. The van der Waals surface area contributed by atoms with E-state index in [0.717, 1.165) is 53.3 Å². The zero-order chi connectivity index (χ0) is 27.7. The maximum absolute atomic E-state index is 13.8. The summed E-state index contributed by atoms with van der Waals surface area (Å²) >= 11 is 1.10. The SMILES string of the molecule is C.O=C(O)c1ccc(S(=O)(=O)N2CC(=O)N(c3cc(-c4ccccc4)sc3C(=O)O)C(C3CCCCC3)C2)cc1. The Morgan fingerprint density at radius 1 is 0.900 bits per heavy atom. The number of aromatic carboxylic acids is 2. The first-order chi connectivity index (χ1) is 18.7. The maximum atomic E-state index is 13.8. The number of piperazine rings is 1. The van der Waals surface area contributed by atoms with Gasteiger partial charge in [-0.1, -0.05) is 57.0 Å². The van der Waals surface area contributed by atoms with Gasteiger partial charge in [0.25, 0.3) is 0 Å². The highest BCUT2D eigenvalue weighted by molar-refractivity contribution is 7.89. The molecule has 3 aromatic rings. The molecule has 1 saturated heterocycles. The molecule has 2 aliphatic rings. The van der Waals surface area contributed by atoms with Crippen molar-refractivity contribution < 1.29 is 33.0 Å². The maximum Gasteiger partial charge on any atom is 0.348 e. The van der Waals surface area contributed by atoms with E-state index in [0.29, 0.717) is 10.6 Å². The van der Waals surface area contributed by atoms with Gasteiger partial charge in [-0.3, -0.25) is 4.79 Å². The summed E-state index contributed by atoms with van der Waals surface area (Å²) in [4.78, 5) is 39.5. The van der Waals surface area contributed by atoms with Gasteiger partial charge in [0.1, 0.15) is 4.88 Å². The Morgan fingerprint density at radius 2 is 1.55 bits per heavy atom. The van der Waals surface area contributed by atoms with Crippen molar-refractivity contribution in [1.82, 2.24) is 4.31 Å². The van der Waals surface area contributed by atoms with E-state index in [1.54, 1.807) is 6.07 Å². The van der Waals surface area contributed by atoms with Gasteiger partial charge in [0.2, 0.25) is 15.9 Å². The number of sulfonamides is 1. The summed E-state index contributed by atoms with van der Waals surface area (Å²) in [5.41, 5.74) is 1.10. The first kappa shape index (κ1) is 29.4. The van der Waals surface area contributed by atoms with Gasteiger partial charge in [-0.05, 0) is 54.7 Å². The van der Waals surface area contributed by atoms with E-state index < -0.39 is 40.5 Å². The number of hydrogen-bond acceptors (Lipinski definition) is 6. The number of carbonyl (C=O) groups is 3. The number of rotatable bonds is 7. The second-order valence-electron chi connectivity index (χ2n) is 9.85. The average Bonchev–Trinajstić information content (AvgIpc) is 3.39. The molecule has 5 rings (SSSR count). The third-order valence-corrected chi connectivity index (χ3v) is 10.4. The van der Waals surface area contributed by atoms with Crippen LogP contribution in [0.25, 0.3) is 10.4 Å². The quantitative estimate of drug-likeness (QED) is 0.378. The monoisotopic (exact) mass is 584 g/mol. The summed E-state index contributed by atoms with van der Waals surface area (Å²) in [5, 5.41) is 19.2. The largest absolute Gasteiger partial charge is 0.478 e. The molecule has 2 fully saturated rings. The Labute approximate surface area is 237 Å². The number of benzene rings is 2. The molecule has 2 heterocycles. The van der Waals surface area contributed by atoms with Crippen LogP contribution in [0.4, 0.5) is 5.69 Å². The topological polar surface area (TPSA) is 132 Å². The fourth-order valence-electron chi connectivity index (χ4n) is 5.52. The van der Waals surface area contributed by atoms with Gasteiger partial charge in [0.05, 0.1) is 28.7 Å². The molecule has 1 aromatic heterocycles. The lowest BCUT2D eigenvalue weighted by atomic mass is 9.82. The Balaban J connectivity index is 0.00000370. The van der Waals surface area contributed by atoms with Crippen LogP contribution in [-0.2, 0) is 14.8 Å². The molecule has 1 atom stereocenters. The predicted molar refractivity (Wildman–Crippen MR) is 153 cm³/mol. The van der Waals surface area contributed by atoms with Gasteiger partial charge < -0.3 is 15.1 Å². The van der Waals surface area contributed by atoms with Gasteiger partial charge >= 0.3 is 11.9 Å². The minimum Gasteiger partial charge on any atom is -0.478 e. The Morgan fingerprint density at radius 3 is 2.15 bits per heavy atom. The number of carbonyl (C=O) groups excluding carboxylic acids is 1. The van der Waals surface area contributed by atoms with E-state index in [2.05, 4.69) is 0 Å². The van der Waals surface area contributed by atoms with Crippen LogP contribution in [0.2, 0.25) is 0 Å². The van der Waals surface area contributed by atoms with E-state index in [1.165, 1.54) is 29.2 Å². The lowest BCUT2D eigenvalue weighted by Crippen LogP contribution is -2.60. The molecule has 1 aliphatic carbocycles. The number of carboxylic acid groups (broad SMARTS) is 2. The van der Waals surface area contributed by atoms with Crippen LogP contribution in [0.15, 0.2) is 65.6 Å². The smallest absolute Gasteiger partial charge is 0.348 e. The molecule has 0 bridgehead atoms. The van der Waals surface area contributed by atoms with Crippen LogP contribution in [0.1, 0.15) is 59.6 Å². The third-order valence-electron chi connectivity index (χ3n) is 7.46. The van der Waals surface area contributed by atoms with Crippen LogP contribution in [-0.4, -0.2) is 59.9 Å². The highest BCUT2D eigenvalue weighted by atomic mass is 32.2. The molecule has 0 radical (unpaired) electrons. The lowest BCUT2D eigenvalue weighted by molar-refractivity contribution is -0.121. The molecular formula is C29H32N2O7S2. The number of carboxylic acids is 2. The summed E-state index contributed by atoms with van der Waals surface area (Å²) < 4.78 is 28.3. The fourth-order valence-corrected chi connectivity index (χ4v) is 7.92. The molecule has 2 aromatic carbocycles. The predicted octanol–water partition coefficient (Wildman–Crippen LogP) is 5.43. The molecule has 9 nitrogen and oxygen atoms in total. The standard InChI is InChI=1S/C28H28N2O7S2.CH4/c31-25-17-29(39(36,37)21-13-11-20(12-14-21)27(32)33)16-23(18-7-3-1-4-8-18)30(25)22-15-24(38-26(22)28(34)35)19-9-5-2-6-10-19;/h2,5-6,9-15,18,23H,1,3-4,7-8,16-17H2,(H,32,33)(H,34,35);1H4. The van der Waals surface area contributed by atoms with E-state index in [4.69, 9.17) is 5.11 Å². The Bertz CT molecular complexity index is 1490. The summed E-state index contributed by atoms with van der Waals surface area (Å²) in [6.07, 6.45) is 4.60. The van der Waals surface area contributed by atoms with Crippen molar-refractivity contribution in [1.29, 1.82) is 0 Å². The van der Waals surface area contributed by atoms with E-state index >= 15 is 0 Å². The first-order valence-corrected chi connectivity index (χ1v) is 15.0. The zero-order valence-corrected chi connectivity index (χ0v) is 22.7. The zero-order valence-electron chi connectivity index (χ0n) is 21.0. The molecule has 1 aliphatic heterocycles. The van der Waals surface area contributed by atoms with Gasteiger partial charge in [-0.15, -0.1) is 11.3 Å². The van der Waals surface area contributed by atoms with E-state index in [1.807, 2.05) is 30.3 Å². The molecule has 1 unspecified atom stereocenters. The highest BCUT2D eigenvalue weighted by Crippen LogP contribution is 2.42. The molecule has 0 spiro atoms. The average molecular weight is 585 g/mol. The van der Waals surface area contributed by atoms with Crippen molar-refractivity contribution in [3.63, 3.8) is 0 Å². The normalized spacial score (nSPS) is 18.8. The summed E-state index contributed by atoms with van der Waals surface area (Å²) in [6.45, 7) is -0.420. The number of nitrogens with zero attached hydrogens (tertiary/aromatic N) is 2. The fraction of sp³-hybridized carbons (Fsp3) is 0.345. The molecular weight excluding hydrogens is 552 g/mol.